The number of benzene rings is 1. The molecule has 0 unspecified atom stereocenters. The molecule has 0 spiro atoms. The predicted molar refractivity (Wildman–Crippen MR) is 78.3 cm³/mol. The molecule has 1 aliphatic rings. The Bertz CT molecular complexity index is 660. The standard InChI is InChI=1S/C14H16ClN3O2/c1-7(2)12-8(10-5-11(16)18(3)17-10)4-9(15)13-14(12)20-6-19-13/h4-5,7H,6,16H2,1-3H3. The van der Waals surface area contributed by atoms with Crippen molar-refractivity contribution in [3.8, 4) is 22.8 Å². The van der Waals surface area contributed by atoms with E-state index in [9.17, 15) is 0 Å². The molecule has 2 aromatic rings. The maximum absolute atomic E-state index is 6.28. The Morgan fingerprint density at radius 2 is 2.00 bits per heavy atom. The summed E-state index contributed by atoms with van der Waals surface area (Å²) in [6.07, 6.45) is 0. The minimum atomic E-state index is 0.197. The summed E-state index contributed by atoms with van der Waals surface area (Å²) in [7, 11) is 1.81. The summed E-state index contributed by atoms with van der Waals surface area (Å²) in [5.41, 5.74) is 8.63. The number of rotatable bonds is 2. The van der Waals surface area contributed by atoms with Crippen LogP contribution in [0, 0.1) is 0 Å². The number of hydrogen-bond acceptors (Lipinski definition) is 4. The molecule has 20 heavy (non-hydrogen) atoms. The third-order valence-electron chi connectivity index (χ3n) is 3.40. The number of hydrogen-bond donors (Lipinski definition) is 1. The van der Waals surface area contributed by atoms with Crippen LogP contribution >= 0.6 is 11.6 Å². The first-order chi connectivity index (χ1) is 9.49. The molecule has 6 heteroatoms. The quantitative estimate of drug-likeness (QED) is 0.924. The molecule has 0 fully saturated rings. The van der Waals surface area contributed by atoms with Crippen molar-refractivity contribution < 1.29 is 9.47 Å². The van der Waals surface area contributed by atoms with Crippen molar-refractivity contribution in [3.05, 3.63) is 22.7 Å². The average molecular weight is 294 g/mol. The first-order valence-corrected chi connectivity index (χ1v) is 6.78. The molecule has 0 saturated carbocycles. The van der Waals surface area contributed by atoms with Gasteiger partial charge in [-0.25, -0.2) is 0 Å². The van der Waals surface area contributed by atoms with Gasteiger partial charge in [0.15, 0.2) is 11.5 Å². The largest absolute Gasteiger partial charge is 0.453 e. The fraction of sp³-hybridized carbons (Fsp3) is 0.357. The number of anilines is 1. The Morgan fingerprint density at radius 1 is 1.30 bits per heavy atom. The fourth-order valence-electron chi connectivity index (χ4n) is 2.45. The first-order valence-electron chi connectivity index (χ1n) is 6.41. The number of ether oxygens (including phenoxy) is 2. The molecule has 0 saturated heterocycles. The third-order valence-corrected chi connectivity index (χ3v) is 3.69. The van der Waals surface area contributed by atoms with Gasteiger partial charge < -0.3 is 15.2 Å². The molecule has 0 aliphatic carbocycles. The van der Waals surface area contributed by atoms with Crippen molar-refractivity contribution in [2.75, 3.05) is 12.5 Å². The number of halogens is 1. The average Bonchev–Trinajstić information content (AvgIpc) is 2.97. The van der Waals surface area contributed by atoms with Gasteiger partial charge in [-0.05, 0) is 12.0 Å². The maximum Gasteiger partial charge on any atom is 0.231 e. The summed E-state index contributed by atoms with van der Waals surface area (Å²) >= 11 is 6.28. The Kier molecular flexibility index (Phi) is 3.01. The summed E-state index contributed by atoms with van der Waals surface area (Å²) in [4.78, 5) is 0. The third kappa shape index (κ3) is 1.89. The molecule has 5 nitrogen and oxygen atoms in total. The van der Waals surface area contributed by atoms with Crippen LogP contribution in [0.15, 0.2) is 12.1 Å². The van der Waals surface area contributed by atoms with Gasteiger partial charge in [0.1, 0.15) is 5.82 Å². The maximum atomic E-state index is 6.28. The van der Waals surface area contributed by atoms with E-state index in [-0.39, 0.29) is 12.7 Å². The molecule has 1 aromatic heterocycles. The van der Waals surface area contributed by atoms with Gasteiger partial charge in [-0.15, -0.1) is 0 Å². The van der Waals surface area contributed by atoms with Gasteiger partial charge in [-0.3, -0.25) is 4.68 Å². The highest BCUT2D eigenvalue weighted by molar-refractivity contribution is 6.32. The van der Waals surface area contributed by atoms with Gasteiger partial charge >= 0.3 is 0 Å². The van der Waals surface area contributed by atoms with Gasteiger partial charge in [-0.2, -0.15) is 5.10 Å². The van der Waals surface area contributed by atoms with E-state index >= 15 is 0 Å². The van der Waals surface area contributed by atoms with Gasteiger partial charge in [0, 0.05) is 24.2 Å². The molecule has 0 amide bonds. The van der Waals surface area contributed by atoms with E-state index in [0.717, 1.165) is 16.8 Å². The van der Waals surface area contributed by atoms with E-state index in [2.05, 4.69) is 18.9 Å². The van der Waals surface area contributed by atoms with Crippen LogP contribution in [-0.4, -0.2) is 16.6 Å². The molecule has 2 N–H and O–H groups in total. The Labute approximate surface area is 122 Å². The number of aryl methyl sites for hydroxylation is 1. The van der Waals surface area contributed by atoms with E-state index in [1.54, 1.807) is 4.68 Å². The fourth-order valence-corrected chi connectivity index (χ4v) is 2.70. The van der Waals surface area contributed by atoms with E-state index in [4.69, 9.17) is 26.8 Å². The molecule has 0 bridgehead atoms. The normalized spacial score (nSPS) is 13.2. The van der Waals surface area contributed by atoms with Crippen LogP contribution in [0.1, 0.15) is 25.3 Å². The van der Waals surface area contributed by atoms with Crippen LogP contribution in [-0.2, 0) is 7.05 Å². The zero-order valence-electron chi connectivity index (χ0n) is 11.6. The minimum absolute atomic E-state index is 0.197. The first kappa shape index (κ1) is 13.1. The van der Waals surface area contributed by atoms with Crippen LogP contribution in [0.25, 0.3) is 11.3 Å². The van der Waals surface area contributed by atoms with Gasteiger partial charge in [-0.1, -0.05) is 25.4 Å². The van der Waals surface area contributed by atoms with Gasteiger partial charge in [0.25, 0.3) is 0 Å². The second-order valence-corrected chi connectivity index (χ2v) is 5.52. The van der Waals surface area contributed by atoms with E-state index < -0.39 is 0 Å². The molecule has 2 heterocycles. The van der Waals surface area contributed by atoms with Crippen molar-refractivity contribution in [2.24, 2.45) is 7.05 Å². The summed E-state index contributed by atoms with van der Waals surface area (Å²) in [6.45, 7) is 4.39. The summed E-state index contributed by atoms with van der Waals surface area (Å²) in [6, 6.07) is 3.70. The van der Waals surface area contributed by atoms with Crippen molar-refractivity contribution in [1.29, 1.82) is 0 Å². The number of nitrogens with two attached hydrogens (primary N) is 1. The molecule has 0 radical (unpaired) electrons. The van der Waals surface area contributed by atoms with Crippen LogP contribution < -0.4 is 15.2 Å². The molecule has 1 aromatic carbocycles. The number of fused-ring (bicyclic) bond motifs is 1. The molecule has 106 valence electrons. The lowest BCUT2D eigenvalue weighted by atomic mass is 9.94. The molecular weight excluding hydrogens is 278 g/mol. The van der Waals surface area contributed by atoms with E-state index in [0.29, 0.717) is 22.3 Å². The Morgan fingerprint density at radius 3 is 2.60 bits per heavy atom. The molecule has 1 aliphatic heterocycles. The smallest absolute Gasteiger partial charge is 0.231 e. The van der Waals surface area contributed by atoms with Gasteiger partial charge in [0.2, 0.25) is 6.79 Å². The highest BCUT2D eigenvalue weighted by Crippen LogP contribution is 2.48. The molecule has 0 atom stereocenters. The number of nitrogens with zero attached hydrogens (tertiary/aromatic N) is 2. The number of aromatic nitrogens is 2. The zero-order chi connectivity index (χ0) is 14.4. The highest BCUT2D eigenvalue weighted by Gasteiger charge is 2.27. The van der Waals surface area contributed by atoms with Crippen LogP contribution in [0.4, 0.5) is 5.82 Å². The Hall–Kier alpha value is -1.88. The predicted octanol–water partition coefficient (Wildman–Crippen LogP) is 3.17. The second-order valence-electron chi connectivity index (χ2n) is 5.12. The molecular formula is C14H16ClN3O2. The number of nitrogen functional groups attached to an aromatic ring is 1. The van der Waals surface area contributed by atoms with Gasteiger partial charge in [0.05, 0.1) is 10.7 Å². The molecule has 3 rings (SSSR count). The van der Waals surface area contributed by atoms with E-state index in [1.165, 1.54) is 0 Å². The minimum Gasteiger partial charge on any atom is -0.453 e. The lowest BCUT2D eigenvalue weighted by molar-refractivity contribution is 0.173. The SMILES string of the molecule is CC(C)c1c(-c2cc(N)n(C)n2)cc(Cl)c2c1OCO2. The highest BCUT2D eigenvalue weighted by atomic mass is 35.5. The monoisotopic (exact) mass is 293 g/mol. The van der Waals surface area contributed by atoms with Crippen molar-refractivity contribution in [3.63, 3.8) is 0 Å². The van der Waals surface area contributed by atoms with Crippen LogP contribution in [0.2, 0.25) is 5.02 Å². The van der Waals surface area contributed by atoms with Crippen molar-refractivity contribution in [1.82, 2.24) is 9.78 Å². The lowest BCUT2D eigenvalue weighted by Crippen LogP contribution is -1.99. The zero-order valence-corrected chi connectivity index (χ0v) is 12.4. The summed E-state index contributed by atoms with van der Waals surface area (Å²) < 4.78 is 12.7. The van der Waals surface area contributed by atoms with Crippen LogP contribution in [0.5, 0.6) is 11.5 Å². The van der Waals surface area contributed by atoms with Crippen molar-refractivity contribution >= 4 is 17.4 Å². The second kappa shape index (κ2) is 4.59. The topological polar surface area (TPSA) is 62.3 Å². The van der Waals surface area contributed by atoms with Crippen molar-refractivity contribution in [2.45, 2.75) is 19.8 Å². The van der Waals surface area contributed by atoms with E-state index in [1.807, 2.05) is 19.2 Å². The van der Waals surface area contributed by atoms with Crippen LogP contribution in [0.3, 0.4) is 0 Å². The summed E-state index contributed by atoms with van der Waals surface area (Å²) in [5, 5.41) is 4.96. The summed E-state index contributed by atoms with van der Waals surface area (Å²) in [5.74, 6) is 2.18. The Balaban J connectivity index is 2.27. The lowest BCUT2D eigenvalue weighted by Gasteiger charge is -2.15.